The van der Waals surface area contributed by atoms with Crippen LogP contribution in [0, 0.1) is 0 Å². The van der Waals surface area contributed by atoms with Crippen LogP contribution < -0.4 is 11.2 Å². The largest absolute Gasteiger partial charge is 0.382 e. The van der Waals surface area contributed by atoms with Crippen molar-refractivity contribution in [2.75, 3.05) is 5.43 Å². The Morgan fingerprint density at radius 1 is 0.571 bits per heavy atom. The number of hydrogen-bond acceptors (Lipinski definition) is 2. The number of nitrogens with two attached hydrogens (primary N) is 1. The molecule has 0 radical (unpaired) electrons. The van der Waals surface area contributed by atoms with E-state index >= 15 is 0 Å². The Morgan fingerprint density at radius 3 is 1.75 bits per heavy atom. The molecule has 3 N–H and O–H groups in total. The smallest absolute Gasteiger partial charge is 0.150 e. The SMILES string of the molecule is N/C(=N\Nc1cccc(-c2ccccc2)c1)c1cccc(-c2ccccc2)c1. The van der Waals surface area contributed by atoms with Gasteiger partial charge in [-0.25, -0.2) is 0 Å². The van der Waals surface area contributed by atoms with Gasteiger partial charge in [0.1, 0.15) is 0 Å². The topological polar surface area (TPSA) is 50.4 Å². The van der Waals surface area contributed by atoms with E-state index < -0.39 is 0 Å². The molecule has 0 amide bonds. The maximum Gasteiger partial charge on any atom is 0.150 e. The van der Waals surface area contributed by atoms with E-state index in [0.717, 1.165) is 27.9 Å². The number of amidine groups is 1. The van der Waals surface area contributed by atoms with Crippen LogP contribution in [0.15, 0.2) is 114 Å². The first-order chi connectivity index (χ1) is 13.8. The Morgan fingerprint density at radius 2 is 1.11 bits per heavy atom. The Bertz CT molecular complexity index is 1090. The van der Waals surface area contributed by atoms with Crippen LogP contribution >= 0.6 is 0 Å². The molecular weight excluding hydrogens is 342 g/mol. The van der Waals surface area contributed by atoms with Gasteiger partial charge >= 0.3 is 0 Å². The highest BCUT2D eigenvalue weighted by molar-refractivity contribution is 5.98. The molecule has 0 spiro atoms. The predicted octanol–water partition coefficient (Wildman–Crippen LogP) is 5.75. The molecule has 3 heteroatoms. The van der Waals surface area contributed by atoms with Gasteiger partial charge in [0.25, 0.3) is 0 Å². The van der Waals surface area contributed by atoms with Crippen molar-refractivity contribution in [3.05, 3.63) is 115 Å². The Kier molecular flexibility index (Phi) is 5.16. The van der Waals surface area contributed by atoms with E-state index in [9.17, 15) is 0 Å². The van der Waals surface area contributed by atoms with Crippen molar-refractivity contribution in [1.29, 1.82) is 0 Å². The first-order valence-corrected chi connectivity index (χ1v) is 9.20. The molecule has 0 saturated heterocycles. The monoisotopic (exact) mass is 363 g/mol. The van der Waals surface area contributed by atoms with E-state index in [2.05, 4.69) is 59.1 Å². The van der Waals surface area contributed by atoms with Gasteiger partial charge in [0.05, 0.1) is 5.69 Å². The first-order valence-electron chi connectivity index (χ1n) is 9.20. The van der Waals surface area contributed by atoms with Gasteiger partial charge < -0.3 is 5.73 Å². The molecule has 4 aromatic carbocycles. The lowest BCUT2D eigenvalue weighted by Gasteiger charge is -2.08. The molecular formula is C25H21N3. The molecule has 28 heavy (non-hydrogen) atoms. The lowest BCUT2D eigenvalue weighted by atomic mass is 10.0. The average molecular weight is 363 g/mol. The van der Waals surface area contributed by atoms with Crippen molar-refractivity contribution in [1.82, 2.24) is 0 Å². The van der Waals surface area contributed by atoms with Crippen molar-refractivity contribution in [2.45, 2.75) is 0 Å². The summed E-state index contributed by atoms with van der Waals surface area (Å²) in [6.45, 7) is 0. The maximum absolute atomic E-state index is 6.23. The number of benzene rings is 4. The molecule has 0 heterocycles. The summed E-state index contributed by atoms with van der Waals surface area (Å²) in [7, 11) is 0. The predicted molar refractivity (Wildman–Crippen MR) is 118 cm³/mol. The normalized spacial score (nSPS) is 11.2. The van der Waals surface area contributed by atoms with Crippen LogP contribution in [-0.2, 0) is 0 Å². The number of anilines is 1. The summed E-state index contributed by atoms with van der Waals surface area (Å²) in [4.78, 5) is 0. The van der Waals surface area contributed by atoms with Crippen molar-refractivity contribution in [3.63, 3.8) is 0 Å². The van der Waals surface area contributed by atoms with Crippen LogP contribution in [0.25, 0.3) is 22.3 Å². The van der Waals surface area contributed by atoms with Crippen molar-refractivity contribution >= 4 is 11.5 Å². The number of hydrazone groups is 1. The molecule has 0 unspecified atom stereocenters. The third-order valence-electron chi connectivity index (χ3n) is 4.54. The van der Waals surface area contributed by atoms with Crippen molar-refractivity contribution < 1.29 is 0 Å². The minimum atomic E-state index is 0.447. The summed E-state index contributed by atoms with van der Waals surface area (Å²) < 4.78 is 0. The van der Waals surface area contributed by atoms with E-state index in [1.54, 1.807) is 0 Å². The van der Waals surface area contributed by atoms with E-state index in [0.29, 0.717) is 5.84 Å². The molecule has 0 bridgehead atoms. The zero-order valence-electron chi connectivity index (χ0n) is 15.4. The van der Waals surface area contributed by atoms with E-state index in [1.165, 1.54) is 5.56 Å². The average Bonchev–Trinajstić information content (AvgIpc) is 2.79. The lowest BCUT2D eigenvalue weighted by Crippen LogP contribution is -2.15. The molecule has 0 fully saturated rings. The molecule has 0 saturated carbocycles. The molecule has 3 nitrogen and oxygen atoms in total. The number of nitrogens with one attached hydrogen (secondary N) is 1. The number of hydrogen-bond donors (Lipinski definition) is 2. The summed E-state index contributed by atoms with van der Waals surface area (Å²) in [5, 5.41) is 4.38. The summed E-state index contributed by atoms with van der Waals surface area (Å²) in [5.41, 5.74) is 15.6. The standard InChI is InChI=1S/C25H21N3/c26-25(23-15-7-13-21(17-23)19-9-3-1-4-10-19)28-27-24-16-8-14-22(18-24)20-11-5-2-6-12-20/h1-18,27H,(H2,26,28). The molecule has 0 aliphatic carbocycles. The molecule has 0 aliphatic rings. The number of rotatable bonds is 5. The minimum absolute atomic E-state index is 0.447. The minimum Gasteiger partial charge on any atom is -0.382 e. The van der Waals surface area contributed by atoms with Crippen molar-refractivity contribution in [3.8, 4) is 22.3 Å². The van der Waals surface area contributed by atoms with Gasteiger partial charge in [-0.05, 0) is 40.5 Å². The molecule has 136 valence electrons. The molecule has 0 aliphatic heterocycles. The second-order valence-electron chi connectivity index (χ2n) is 6.50. The van der Waals surface area contributed by atoms with Crippen LogP contribution in [-0.4, -0.2) is 5.84 Å². The highest BCUT2D eigenvalue weighted by atomic mass is 15.3. The van der Waals surface area contributed by atoms with Gasteiger partial charge in [-0.1, -0.05) is 91.0 Å². The molecule has 4 rings (SSSR count). The van der Waals surface area contributed by atoms with Crippen LogP contribution in [0.2, 0.25) is 0 Å². The van der Waals surface area contributed by atoms with Gasteiger partial charge in [-0.3, -0.25) is 5.43 Å². The van der Waals surface area contributed by atoms with Gasteiger partial charge in [-0.2, -0.15) is 5.10 Å². The highest BCUT2D eigenvalue weighted by Crippen LogP contribution is 2.23. The highest BCUT2D eigenvalue weighted by Gasteiger charge is 2.03. The van der Waals surface area contributed by atoms with Gasteiger partial charge in [0.2, 0.25) is 0 Å². The maximum atomic E-state index is 6.23. The van der Waals surface area contributed by atoms with E-state index in [-0.39, 0.29) is 0 Å². The van der Waals surface area contributed by atoms with E-state index in [1.807, 2.05) is 60.7 Å². The zero-order chi connectivity index (χ0) is 19.2. The van der Waals surface area contributed by atoms with Gasteiger partial charge in [0.15, 0.2) is 5.84 Å². The van der Waals surface area contributed by atoms with Gasteiger partial charge in [-0.15, -0.1) is 0 Å². The summed E-state index contributed by atoms with van der Waals surface area (Å²) in [6.07, 6.45) is 0. The van der Waals surface area contributed by atoms with Gasteiger partial charge in [0, 0.05) is 5.56 Å². The fourth-order valence-corrected chi connectivity index (χ4v) is 3.08. The quantitative estimate of drug-likeness (QED) is 0.269. The Balaban J connectivity index is 1.54. The zero-order valence-corrected chi connectivity index (χ0v) is 15.4. The van der Waals surface area contributed by atoms with E-state index in [4.69, 9.17) is 5.73 Å². The van der Waals surface area contributed by atoms with Crippen molar-refractivity contribution in [2.24, 2.45) is 10.8 Å². The third kappa shape index (κ3) is 4.10. The Labute approximate surface area is 165 Å². The third-order valence-corrected chi connectivity index (χ3v) is 4.54. The summed E-state index contributed by atoms with van der Waals surface area (Å²) in [6, 6.07) is 36.7. The second-order valence-corrected chi connectivity index (χ2v) is 6.50. The lowest BCUT2D eigenvalue weighted by molar-refractivity contribution is 1.31. The summed E-state index contributed by atoms with van der Waals surface area (Å²) >= 11 is 0. The molecule has 0 aromatic heterocycles. The van der Waals surface area contributed by atoms with Crippen LogP contribution in [0.3, 0.4) is 0 Å². The van der Waals surface area contributed by atoms with Crippen LogP contribution in [0.5, 0.6) is 0 Å². The van der Waals surface area contributed by atoms with Crippen LogP contribution in [0.4, 0.5) is 5.69 Å². The second kappa shape index (κ2) is 8.23. The Hall–Kier alpha value is -3.85. The fourth-order valence-electron chi connectivity index (χ4n) is 3.08. The molecule has 0 atom stereocenters. The molecule has 4 aromatic rings. The fraction of sp³-hybridized carbons (Fsp3) is 0. The summed E-state index contributed by atoms with van der Waals surface area (Å²) in [5.74, 6) is 0.447. The van der Waals surface area contributed by atoms with Crippen LogP contribution in [0.1, 0.15) is 5.56 Å². The number of nitrogens with zero attached hydrogens (tertiary/aromatic N) is 1. The first kappa shape index (κ1) is 17.6.